The Kier molecular flexibility index (Phi) is 19.6. The van der Waals surface area contributed by atoms with Crippen molar-refractivity contribution < 1.29 is 45.4 Å². The van der Waals surface area contributed by atoms with E-state index in [2.05, 4.69) is 24.8 Å². The molecule has 0 amide bonds. The van der Waals surface area contributed by atoms with E-state index in [-0.39, 0.29) is 39.3 Å². The van der Waals surface area contributed by atoms with Crippen LogP contribution in [0.4, 0.5) is 0 Å². The van der Waals surface area contributed by atoms with Gasteiger partial charge in [0.25, 0.3) is 20.2 Å². The molecule has 0 bridgehead atoms. The van der Waals surface area contributed by atoms with Crippen LogP contribution >= 0.6 is 12.4 Å². The smallest absolute Gasteiger partial charge is 0.326 e. The topological polar surface area (TPSA) is 270 Å². The molecule has 2 unspecified atom stereocenters. The number of nitrogens with zero attached hydrogens (tertiary/aromatic N) is 6. The van der Waals surface area contributed by atoms with Gasteiger partial charge in [0.05, 0.1) is 7.11 Å². The second-order valence-corrected chi connectivity index (χ2v) is 7.55. The zero-order chi connectivity index (χ0) is 21.7. The third kappa shape index (κ3) is 16.3. The Morgan fingerprint density at radius 1 is 0.966 bits per heavy atom. The molecule has 16 nitrogen and oxygen atoms in total. The molecule has 0 aromatic rings. The van der Waals surface area contributed by atoms with E-state index in [0.717, 1.165) is 7.11 Å². The number of methoxy groups -OCH3 is 1. The molecule has 0 aromatic heterocycles. The monoisotopic (exact) mass is 484 g/mol. The van der Waals surface area contributed by atoms with Crippen molar-refractivity contribution in [1.29, 1.82) is 0 Å². The summed E-state index contributed by atoms with van der Waals surface area (Å²) in [6.07, 6.45) is -0.756. The first kappa shape index (κ1) is 34.2. The van der Waals surface area contributed by atoms with E-state index < -0.39 is 49.1 Å². The average molecular weight is 485 g/mol. The van der Waals surface area contributed by atoms with Gasteiger partial charge in [0.15, 0.2) is 10.5 Å². The molecular formula is C10H21ClN6O10S2. The van der Waals surface area contributed by atoms with Crippen molar-refractivity contribution in [3.05, 3.63) is 20.9 Å². The first-order chi connectivity index (χ1) is 12.3. The number of aliphatic carboxylic acids is 1. The summed E-state index contributed by atoms with van der Waals surface area (Å²) in [7, 11) is -8.15. The number of carbonyl (C=O) groups is 2. The van der Waals surface area contributed by atoms with Crippen molar-refractivity contribution in [2.75, 3.05) is 20.2 Å². The van der Waals surface area contributed by atoms with Gasteiger partial charge >= 0.3 is 11.9 Å². The van der Waals surface area contributed by atoms with Gasteiger partial charge in [0.2, 0.25) is 0 Å². The number of hydrogen-bond donors (Lipinski definition) is 3. The van der Waals surface area contributed by atoms with Gasteiger partial charge in [-0.3, -0.25) is 18.7 Å². The van der Waals surface area contributed by atoms with Crippen molar-refractivity contribution in [2.45, 2.75) is 30.8 Å². The highest BCUT2D eigenvalue weighted by molar-refractivity contribution is 7.87. The maximum atomic E-state index is 10.9. The molecule has 0 aromatic carbocycles. The van der Waals surface area contributed by atoms with Crippen molar-refractivity contribution in [2.24, 2.45) is 10.2 Å². The lowest BCUT2D eigenvalue weighted by molar-refractivity contribution is -0.140. The third-order valence-corrected chi connectivity index (χ3v) is 4.87. The normalized spacial score (nSPS) is 12.0. The quantitative estimate of drug-likeness (QED) is 0.131. The van der Waals surface area contributed by atoms with Crippen LogP contribution in [0.3, 0.4) is 0 Å². The molecule has 0 saturated heterocycles. The van der Waals surface area contributed by atoms with E-state index in [0.29, 0.717) is 0 Å². The summed E-state index contributed by atoms with van der Waals surface area (Å²) >= 11 is 0. The van der Waals surface area contributed by atoms with Crippen LogP contribution < -0.4 is 0 Å². The number of ether oxygens (including phenoxy) is 1. The van der Waals surface area contributed by atoms with E-state index >= 15 is 0 Å². The molecule has 0 spiro atoms. The van der Waals surface area contributed by atoms with Crippen LogP contribution in [0.1, 0.15) is 20.3 Å². The highest BCUT2D eigenvalue weighted by atomic mass is 35.5. The lowest BCUT2D eigenvalue weighted by Crippen LogP contribution is -2.31. The number of esters is 1. The summed E-state index contributed by atoms with van der Waals surface area (Å²) in [5, 5.41) is 10.7. The fourth-order valence-electron chi connectivity index (χ4n) is 1.36. The van der Waals surface area contributed by atoms with Gasteiger partial charge in [0.1, 0.15) is 0 Å². The van der Waals surface area contributed by atoms with E-state index in [1.54, 1.807) is 0 Å². The predicted molar refractivity (Wildman–Crippen MR) is 102 cm³/mol. The summed E-state index contributed by atoms with van der Waals surface area (Å²) in [6.45, 7) is -0.511. The van der Waals surface area contributed by atoms with Gasteiger partial charge in [-0.05, 0) is 23.9 Å². The van der Waals surface area contributed by atoms with Gasteiger partial charge in [-0.1, -0.05) is 17.7 Å². The maximum absolute atomic E-state index is 10.9. The summed E-state index contributed by atoms with van der Waals surface area (Å²) < 4.78 is 63.3. The molecule has 19 heteroatoms. The minimum atomic E-state index is -4.63. The van der Waals surface area contributed by atoms with Crippen molar-refractivity contribution >= 4 is 44.6 Å². The van der Waals surface area contributed by atoms with Crippen LogP contribution in [-0.4, -0.2) is 73.7 Å². The number of azide groups is 2. The van der Waals surface area contributed by atoms with Gasteiger partial charge in [-0.15, -0.1) is 12.4 Å². The molecule has 170 valence electrons. The van der Waals surface area contributed by atoms with Gasteiger partial charge in [-0.25, -0.2) is 0 Å². The van der Waals surface area contributed by atoms with Crippen molar-refractivity contribution in [3.8, 4) is 0 Å². The lowest BCUT2D eigenvalue weighted by Gasteiger charge is -2.09. The second-order valence-electron chi connectivity index (χ2n) is 4.35. The Hall–Kier alpha value is -2.33. The zero-order valence-corrected chi connectivity index (χ0v) is 16.5. The lowest BCUT2D eigenvalue weighted by atomic mass is 10.3. The Morgan fingerprint density at radius 2 is 1.31 bits per heavy atom. The second kappa shape index (κ2) is 16.6. The predicted octanol–water partition coefficient (Wildman–Crippen LogP) is 1.20. The summed E-state index contributed by atoms with van der Waals surface area (Å²) in [6, 6.07) is 0. The Labute approximate surface area is 172 Å². The molecule has 0 rings (SSSR count). The fourth-order valence-corrected chi connectivity index (χ4v) is 2.76. The number of carbonyl (C=O) groups excluding carboxylic acids is 1. The van der Waals surface area contributed by atoms with E-state index in [1.807, 2.05) is 0 Å². The summed E-state index contributed by atoms with van der Waals surface area (Å²) in [5.41, 5.74) is 15.7. The van der Waals surface area contributed by atoms with Gasteiger partial charge in [0, 0.05) is 22.9 Å². The Balaban J connectivity index is -0.000000202. The van der Waals surface area contributed by atoms with E-state index in [4.69, 9.17) is 25.3 Å². The van der Waals surface area contributed by atoms with Crippen LogP contribution in [0, 0.1) is 0 Å². The van der Waals surface area contributed by atoms with Crippen LogP contribution in [0.15, 0.2) is 10.2 Å². The molecular weight excluding hydrogens is 464 g/mol. The largest absolute Gasteiger partial charge is 0.480 e. The van der Waals surface area contributed by atoms with Crippen LogP contribution in [0.5, 0.6) is 0 Å². The number of rotatable bonds is 10. The minimum Gasteiger partial charge on any atom is -0.480 e. The molecule has 29 heavy (non-hydrogen) atoms. The Bertz CT molecular complexity index is 820. The van der Waals surface area contributed by atoms with Crippen molar-refractivity contribution in [3.63, 3.8) is 0 Å². The highest BCUT2D eigenvalue weighted by Crippen LogP contribution is 2.07. The SMILES string of the molecule is C.COC(=O)C(CCN=[N+]=[N-])S(=O)(=O)O.Cl.[N-]=[N+]=NCCC(C(=O)O)S(=O)(=O)O. The minimum absolute atomic E-state index is 0. The highest BCUT2D eigenvalue weighted by Gasteiger charge is 2.31. The Morgan fingerprint density at radius 3 is 1.55 bits per heavy atom. The molecule has 0 aliphatic carbocycles. The van der Waals surface area contributed by atoms with Crippen molar-refractivity contribution in [1.82, 2.24) is 0 Å². The molecule has 0 radical (unpaired) electrons. The molecule has 0 saturated carbocycles. The standard InChI is InChI=1S/C5H9N3O5S.C4H7N3O5S.CH4.ClH/c1-13-5(9)4(14(10,11)12)2-3-7-8-6;5-7-6-2-1-3(4(8)9)13(10,11)12;;/h4H,2-3H2,1H3,(H,10,11,12);3H,1-2H2,(H,8,9)(H,10,11,12);1H4;1H. The number of hydrogen-bond acceptors (Lipinski definition) is 9. The van der Waals surface area contributed by atoms with Gasteiger partial charge < -0.3 is 9.84 Å². The first-order valence-corrected chi connectivity index (χ1v) is 9.58. The maximum Gasteiger partial charge on any atom is 0.326 e. The fraction of sp³-hybridized carbons (Fsp3) is 0.800. The van der Waals surface area contributed by atoms with E-state index in [1.165, 1.54) is 0 Å². The molecule has 0 aliphatic rings. The summed E-state index contributed by atoms with van der Waals surface area (Å²) in [4.78, 5) is 25.8. The molecule has 2 atom stereocenters. The summed E-state index contributed by atoms with van der Waals surface area (Å²) in [5.74, 6) is -2.75. The molecule has 0 heterocycles. The van der Waals surface area contributed by atoms with Crippen LogP contribution in [0.2, 0.25) is 0 Å². The molecule has 0 fully saturated rings. The first-order valence-electron chi connectivity index (χ1n) is 6.57. The molecule has 0 aliphatic heterocycles. The van der Waals surface area contributed by atoms with Crippen LogP contribution in [0.25, 0.3) is 20.9 Å². The molecule has 3 N–H and O–H groups in total. The third-order valence-electron chi connectivity index (χ3n) is 2.57. The zero-order valence-electron chi connectivity index (χ0n) is 14.1. The average Bonchev–Trinajstić information content (AvgIpc) is 2.53. The van der Waals surface area contributed by atoms with E-state index in [9.17, 15) is 26.4 Å². The number of halogens is 1. The van der Waals surface area contributed by atoms with Crippen LogP contribution in [-0.2, 0) is 34.6 Å². The number of carboxylic acids is 1. The number of carboxylic acid groups (broad SMARTS) is 1. The van der Waals surface area contributed by atoms with Gasteiger partial charge in [-0.2, -0.15) is 16.8 Å².